The van der Waals surface area contributed by atoms with Crippen LogP contribution in [0.5, 0.6) is 0 Å². The van der Waals surface area contributed by atoms with Gasteiger partial charge in [-0.1, -0.05) is 127 Å². The van der Waals surface area contributed by atoms with Crippen LogP contribution < -0.4 is 9.80 Å². The number of nitrogens with zero attached hydrogens (tertiary/aromatic N) is 3. The van der Waals surface area contributed by atoms with Crippen LogP contribution in [0.1, 0.15) is 0 Å². The van der Waals surface area contributed by atoms with Crippen LogP contribution in [-0.4, -0.2) is 4.57 Å². The molecule has 0 unspecified atom stereocenters. The van der Waals surface area contributed by atoms with Crippen molar-refractivity contribution in [3.63, 3.8) is 0 Å². The van der Waals surface area contributed by atoms with Gasteiger partial charge in [0.05, 0.1) is 11.0 Å². The van der Waals surface area contributed by atoms with Crippen molar-refractivity contribution >= 4 is 98.2 Å². The van der Waals surface area contributed by atoms with Gasteiger partial charge < -0.3 is 14.4 Å². The van der Waals surface area contributed by atoms with Crippen molar-refractivity contribution in [1.82, 2.24) is 4.57 Å². The van der Waals surface area contributed by atoms with Gasteiger partial charge in [-0.3, -0.25) is 0 Å². The fourth-order valence-corrected chi connectivity index (χ4v) is 10.3. The fraction of sp³-hybridized carbons (Fsp3) is 0. The topological polar surface area (TPSA) is 11.4 Å². The molecule has 0 aliphatic rings. The van der Waals surface area contributed by atoms with E-state index in [0.717, 1.165) is 45.4 Å². The Morgan fingerprint density at radius 1 is 0.290 bits per heavy atom. The summed E-state index contributed by atoms with van der Waals surface area (Å²) in [5, 5.41) is 7.62. The number of fused-ring (bicyclic) bond motifs is 7. The molecule has 3 nitrogen and oxygen atoms in total. The van der Waals surface area contributed by atoms with Crippen LogP contribution in [0.3, 0.4) is 0 Å². The van der Waals surface area contributed by atoms with Crippen molar-refractivity contribution in [1.29, 1.82) is 0 Å². The number of para-hydroxylation sites is 4. The van der Waals surface area contributed by atoms with Crippen LogP contribution >= 0.6 is 11.3 Å². The summed E-state index contributed by atoms with van der Waals surface area (Å²) in [6, 6.07) is 85.8. The number of benzene rings is 10. The first-order chi connectivity index (χ1) is 30.7. The van der Waals surface area contributed by atoms with Crippen LogP contribution in [0.15, 0.2) is 237 Å². The van der Waals surface area contributed by atoms with E-state index < -0.39 is 0 Å². The molecular weight excluding hydrogens is 771 g/mol. The number of anilines is 6. The monoisotopic (exact) mass is 809 g/mol. The van der Waals surface area contributed by atoms with E-state index in [1.54, 1.807) is 0 Å². The van der Waals surface area contributed by atoms with E-state index in [4.69, 9.17) is 0 Å². The van der Waals surface area contributed by atoms with Gasteiger partial charge in [-0.15, -0.1) is 11.3 Å². The van der Waals surface area contributed by atoms with E-state index in [1.165, 1.54) is 58.3 Å². The summed E-state index contributed by atoms with van der Waals surface area (Å²) in [5.41, 5.74) is 12.5. The Bertz CT molecular complexity index is 3560. The number of hydrogen-bond acceptors (Lipinski definition) is 3. The highest BCUT2D eigenvalue weighted by Crippen LogP contribution is 2.43. The third-order valence-corrected chi connectivity index (χ3v) is 13.3. The van der Waals surface area contributed by atoms with Gasteiger partial charge >= 0.3 is 0 Å². The predicted molar refractivity (Wildman–Crippen MR) is 266 cm³/mol. The molecule has 0 aliphatic carbocycles. The molecule has 4 heteroatoms. The minimum atomic E-state index is 1.10. The van der Waals surface area contributed by atoms with Crippen molar-refractivity contribution < 1.29 is 0 Å². The third kappa shape index (κ3) is 6.20. The summed E-state index contributed by atoms with van der Waals surface area (Å²) < 4.78 is 5.00. The van der Waals surface area contributed by atoms with E-state index >= 15 is 0 Å². The highest BCUT2D eigenvalue weighted by atomic mass is 32.1. The van der Waals surface area contributed by atoms with Crippen molar-refractivity contribution in [3.8, 4) is 16.8 Å². The summed E-state index contributed by atoms with van der Waals surface area (Å²) in [6.45, 7) is 0. The van der Waals surface area contributed by atoms with Gasteiger partial charge in [0.15, 0.2) is 0 Å². The molecular formula is C58H39N3S. The molecule has 0 amide bonds. The maximum atomic E-state index is 2.38. The third-order valence-electron chi connectivity index (χ3n) is 12.1. The van der Waals surface area contributed by atoms with Gasteiger partial charge in [0.1, 0.15) is 0 Å². The zero-order chi connectivity index (χ0) is 41.0. The molecule has 2 heterocycles. The molecule has 0 bridgehead atoms. The first-order valence-corrected chi connectivity index (χ1v) is 21.9. The van der Waals surface area contributed by atoms with Crippen LogP contribution in [0.2, 0.25) is 0 Å². The highest BCUT2D eigenvalue weighted by Gasteiger charge is 2.19. The lowest BCUT2D eigenvalue weighted by Crippen LogP contribution is -2.10. The van der Waals surface area contributed by atoms with E-state index in [1.807, 2.05) is 11.3 Å². The minimum Gasteiger partial charge on any atom is -0.310 e. The van der Waals surface area contributed by atoms with E-state index in [9.17, 15) is 0 Å². The molecule has 2 aromatic heterocycles. The lowest BCUT2D eigenvalue weighted by Gasteiger charge is -2.26. The zero-order valence-corrected chi connectivity index (χ0v) is 34.6. The normalized spacial score (nSPS) is 11.5. The molecule has 62 heavy (non-hydrogen) atoms. The second-order valence-electron chi connectivity index (χ2n) is 15.8. The van der Waals surface area contributed by atoms with Crippen molar-refractivity contribution in [2.45, 2.75) is 0 Å². The molecule has 0 fully saturated rings. The second kappa shape index (κ2) is 15.0. The molecule has 10 aromatic carbocycles. The predicted octanol–water partition coefficient (Wildman–Crippen LogP) is 16.9. The van der Waals surface area contributed by atoms with Crippen molar-refractivity contribution in [3.05, 3.63) is 237 Å². The van der Waals surface area contributed by atoms with Crippen LogP contribution in [-0.2, 0) is 0 Å². The average Bonchev–Trinajstić information content (AvgIpc) is 3.87. The fourth-order valence-electron chi connectivity index (χ4n) is 9.20. The summed E-state index contributed by atoms with van der Waals surface area (Å²) in [6.07, 6.45) is 0. The summed E-state index contributed by atoms with van der Waals surface area (Å²) in [4.78, 5) is 4.72. The first kappa shape index (κ1) is 36.0. The molecule has 292 valence electrons. The van der Waals surface area contributed by atoms with Crippen LogP contribution in [0, 0.1) is 0 Å². The molecule has 0 radical (unpaired) electrons. The molecule has 0 saturated heterocycles. The molecule has 0 N–H and O–H groups in total. The Morgan fingerprint density at radius 2 is 0.758 bits per heavy atom. The maximum absolute atomic E-state index is 2.38. The Labute approximate surface area is 364 Å². The van der Waals surface area contributed by atoms with Gasteiger partial charge in [0, 0.05) is 70.8 Å². The molecule has 12 aromatic rings. The van der Waals surface area contributed by atoms with Gasteiger partial charge in [0.2, 0.25) is 0 Å². The lowest BCUT2D eigenvalue weighted by molar-refractivity contribution is 1.18. The highest BCUT2D eigenvalue weighted by molar-refractivity contribution is 7.25. The standard InChI is InChI=1S/C58H39N3S/c1-4-16-44(17-5-1)59(49-33-35-57-54(38-49)53-36-42-14-10-11-15-43(42)37-58(53)62-57)47-28-24-40(25-29-47)41-26-30-48(31-27-41)60(45-18-6-2-7-19-45)50-32-34-52-51-22-12-13-23-55(51)61(56(52)39-50)46-20-8-3-9-21-46/h1-39H. The van der Waals surface area contributed by atoms with Gasteiger partial charge in [0.25, 0.3) is 0 Å². The smallest absolute Gasteiger partial charge is 0.0561 e. The summed E-state index contributed by atoms with van der Waals surface area (Å²) in [7, 11) is 0. The number of aromatic nitrogens is 1. The molecule has 0 aliphatic heterocycles. The van der Waals surface area contributed by atoms with Crippen molar-refractivity contribution in [2.24, 2.45) is 0 Å². The quantitative estimate of drug-likeness (QED) is 0.151. The van der Waals surface area contributed by atoms with Crippen LogP contribution in [0.25, 0.3) is 69.6 Å². The zero-order valence-electron chi connectivity index (χ0n) is 33.8. The SMILES string of the molecule is c1ccc(N(c2ccc(-c3ccc(N(c4ccccc4)c4ccc5c6ccccc6n(-c6ccccc6)c5c4)cc3)cc2)c2ccc3sc4cc5ccccc5cc4c3c2)cc1. The van der Waals surface area contributed by atoms with Crippen molar-refractivity contribution in [2.75, 3.05) is 9.80 Å². The summed E-state index contributed by atoms with van der Waals surface area (Å²) >= 11 is 1.87. The first-order valence-electron chi connectivity index (χ1n) is 21.1. The second-order valence-corrected chi connectivity index (χ2v) is 16.9. The Balaban J connectivity index is 0.905. The largest absolute Gasteiger partial charge is 0.310 e. The molecule has 0 saturated carbocycles. The van der Waals surface area contributed by atoms with Gasteiger partial charge in [-0.05, 0) is 131 Å². The number of rotatable bonds is 8. The van der Waals surface area contributed by atoms with E-state index in [0.29, 0.717) is 0 Å². The van der Waals surface area contributed by atoms with Gasteiger partial charge in [-0.25, -0.2) is 0 Å². The van der Waals surface area contributed by atoms with E-state index in [2.05, 4.69) is 251 Å². The van der Waals surface area contributed by atoms with Crippen LogP contribution in [0.4, 0.5) is 34.1 Å². The molecule has 12 rings (SSSR count). The average molecular weight is 810 g/mol. The van der Waals surface area contributed by atoms with E-state index in [-0.39, 0.29) is 0 Å². The Morgan fingerprint density at radius 3 is 1.40 bits per heavy atom. The molecule has 0 spiro atoms. The Kier molecular flexibility index (Phi) is 8.68. The number of thiophene rings is 1. The maximum Gasteiger partial charge on any atom is 0.0561 e. The minimum absolute atomic E-state index is 1.10. The van der Waals surface area contributed by atoms with Gasteiger partial charge in [-0.2, -0.15) is 0 Å². The lowest BCUT2D eigenvalue weighted by atomic mass is 10.0. The molecule has 0 atom stereocenters. The number of hydrogen-bond donors (Lipinski definition) is 0. The Hall–Kier alpha value is -7.92. The summed E-state index contributed by atoms with van der Waals surface area (Å²) in [5.74, 6) is 0.